The van der Waals surface area contributed by atoms with Crippen LogP contribution in [0.1, 0.15) is 61.4 Å². The molecule has 4 aliphatic heterocycles. The lowest BCUT2D eigenvalue weighted by Gasteiger charge is -2.48. The average Bonchev–Trinajstić information content (AvgIpc) is 3.48. The van der Waals surface area contributed by atoms with E-state index >= 15 is 0 Å². The van der Waals surface area contributed by atoms with E-state index in [9.17, 15) is 13.6 Å². The Kier molecular flexibility index (Phi) is 6.99. The molecular weight excluding hydrogens is 526 g/mol. The van der Waals surface area contributed by atoms with Gasteiger partial charge in [0.15, 0.2) is 0 Å². The molecule has 0 unspecified atom stereocenters. The first-order valence-electron chi connectivity index (χ1n) is 15.4. The molecule has 41 heavy (non-hydrogen) atoms. The Morgan fingerprint density at radius 1 is 1.05 bits per heavy atom. The highest BCUT2D eigenvalue weighted by Gasteiger charge is 2.50. The van der Waals surface area contributed by atoms with E-state index in [-0.39, 0.29) is 29.8 Å². The normalized spacial score (nSPS) is 27.4. The minimum atomic E-state index is -0.835. The summed E-state index contributed by atoms with van der Waals surface area (Å²) >= 11 is 0. The topological polar surface area (TPSA) is 65.0 Å². The molecule has 0 spiro atoms. The van der Waals surface area contributed by atoms with Crippen LogP contribution in [0.25, 0.3) is 0 Å². The van der Waals surface area contributed by atoms with Crippen molar-refractivity contribution >= 4 is 17.4 Å². The van der Waals surface area contributed by atoms with Crippen LogP contribution >= 0.6 is 0 Å². The molecule has 0 saturated carbocycles. The number of ether oxygens (including phenoxy) is 1. The predicted octanol–water partition coefficient (Wildman–Crippen LogP) is 3.68. The minimum absolute atomic E-state index is 0.00726. The van der Waals surface area contributed by atoms with Gasteiger partial charge in [-0.25, -0.2) is 8.78 Å². The average molecular weight is 567 g/mol. The third-order valence-electron chi connectivity index (χ3n) is 10.0. The number of carbonyl (C=O) groups is 1. The number of anilines is 2. The largest absolute Gasteiger partial charge is 0.462 e. The standard InChI is InChI=1S/C31H40F2N6O2/c1-3-29(40)38-13-11-27-28(38)17-39(27)30-23-10-12-37(26-9-8-24(33)21-6-4-5-7-22(21)26)16-25(23)34-31(35-30)41-18-20-14-19(32)15-36(20)2/h8-9,19-20,27-28H,3-7,10-18H2,1-2H3/t19-,20+,27-,28-/m1/s1. The van der Waals surface area contributed by atoms with Crippen LogP contribution in [0.4, 0.5) is 20.3 Å². The Morgan fingerprint density at radius 2 is 1.88 bits per heavy atom. The second kappa shape index (κ2) is 10.7. The van der Waals surface area contributed by atoms with Crippen LogP contribution in [0.15, 0.2) is 12.1 Å². The first-order chi connectivity index (χ1) is 19.9. The molecule has 7 rings (SSSR count). The summed E-state index contributed by atoms with van der Waals surface area (Å²) in [6.07, 6.45) is 5.70. The van der Waals surface area contributed by atoms with Gasteiger partial charge in [-0.05, 0) is 75.3 Å². The summed E-state index contributed by atoms with van der Waals surface area (Å²) in [7, 11) is 1.93. The maximum absolute atomic E-state index is 14.7. The highest BCUT2D eigenvalue weighted by atomic mass is 19.1. The van der Waals surface area contributed by atoms with Gasteiger partial charge in [0.2, 0.25) is 5.91 Å². The van der Waals surface area contributed by atoms with Crippen LogP contribution in [0, 0.1) is 5.82 Å². The smallest absolute Gasteiger partial charge is 0.318 e. The Hall–Kier alpha value is -3.01. The van der Waals surface area contributed by atoms with Crippen LogP contribution in [-0.2, 0) is 30.6 Å². The van der Waals surface area contributed by atoms with Crippen LogP contribution in [0.2, 0.25) is 0 Å². The molecule has 10 heteroatoms. The molecule has 0 bridgehead atoms. The minimum Gasteiger partial charge on any atom is -0.462 e. The lowest BCUT2D eigenvalue weighted by molar-refractivity contribution is -0.132. The molecule has 0 N–H and O–H groups in total. The number of nitrogens with zero attached hydrogens (tertiary/aromatic N) is 6. The van der Waals surface area contributed by atoms with Crippen molar-refractivity contribution in [2.75, 3.05) is 49.6 Å². The summed E-state index contributed by atoms with van der Waals surface area (Å²) in [6.45, 7) is 5.67. The first kappa shape index (κ1) is 26.9. The number of hydrogen-bond donors (Lipinski definition) is 0. The molecule has 0 radical (unpaired) electrons. The number of benzene rings is 1. The van der Waals surface area contributed by atoms with E-state index in [4.69, 9.17) is 14.7 Å². The second-order valence-electron chi connectivity index (χ2n) is 12.4. The van der Waals surface area contributed by atoms with Gasteiger partial charge in [0.1, 0.15) is 24.4 Å². The fourth-order valence-electron chi connectivity index (χ4n) is 7.75. The number of likely N-dealkylation sites (N-methyl/N-ethyl adjacent to an activating group) is 1. The van der Waals surface area contributed by atoms with Crippen molar-refractivity contribution in [3.8, 4) is 6.01 Å². The maximum Gasteiger partial charge on any atom is 0.318 e. The van der Waals surface area contributed by atoms with Crippen molar-refractivity contribution in [3.05, 3.63) is 40.3 Å². The number of hydrogen-bond acceptors (Lipinski definition) is 7. The Labute approximate surface area is 240 Å². The molecule has 2 aromatic rings. The fourth-order valence-corrected chi connectivity index (χ4v) is 7.75. The van der Waals surface area contributed by atoms with Gasteiger partial charge in [0.25, 0.3) is 0 Å². The lowest BCUT2D eigenvalue weighted by atomic mass is 9.89. The Bertz CT molecular complexity index is 1340. The van der Waals surface area contributed by atoms with Crippen LogP contribution in [0.3, 0.4) is 0 Å². The van der Waals surface area contributed by atoms with Crippen LogP contribution < -0.4 is 14.5 Å². The molecule has 1 amide bonds. The number of carbonyl (C=O) groups excluding carboxylic acids is 1. The first-order valence-corrected chi connectivity index (χ1v) is 15.4. The summed E-state index contributed by atoms with van der Waals surface area (Å²) in [6, 6.07) is 4.37. The van der Waals surface area contributed by atoms with Crippen molar-refractivity contribution in [3.63, 3.8) is 0 Å². The lowest BCUT2D eigenvalue weighted by Crippen LogP contribution is -2.63. The second-order valence-corrected chi connectivity index (χ2v) is 12.4. The van der Waals surface area contributed by atoms with Gasteiger partial charge in [-0.1, -0.05) is 6.92 Å². The summed E-state index contributed by atoms with van der Waals surface area (Å²) in [5.41, 5.74) is 5.22. The van der Waals surface area contributed by atoms with Crippen LogP contribution in [-0.4, -0.2) is 89.8 Å². The van der Waals surface area contributed by atoms with Gasteiger partial charge < -0.3 is 19.4 Å². The zero-order chi connectivity index (χ0) is 28.2. The number of amides is 1. The van der Waals surface area contributed by atoms with E-state index in [0.29, 0.717) is 38.5 Å². The van der Waals surface area contributed by atoms with Crippen molar-refractivity contribution in [2.24, 2.45) is 0 Å². The number of rotatable bonds is 6. The molecule has 5 aliphatic rings. The van der Waals surface area contributed by atoms with Crippen molar-refractivity contribution < 1.29 is 18.3 Å². The quantitative estimate of drug-likeness (QED) is 0.529. The maximum atomic E-state index is 14.7. The van der Waals surface area contributed by atoms with E-state index in [0.717, 1.165) is 92.0 Å². The van der Waals surface area contributed by atoms with Gasteiger partial charge in [-0.3, -0.25) is 9.69 Å². The molecule has 1 aromatic heterocycles. The molecule has 8 nitrogen and oxygen atoms in total. The number of alkyl halides is 1. The predicted molar refractivity (Wildman–Crippen MR) is 153 cm³/mol. The van der Waals surface area contributed by atoms with Gasteiger partial charge in [0, 0.05) is 49.9 Å². The third-order valence-corrected chi connectivity index (χ3v) is 10.0. The molecule has 4 atom stereocenters. The van der Waals surface area contributed by atoms with E-state index in [1.165, 1.54) is 0 Å². The summed E-state index contributed by atoms with van der Waals surface area (Å²) in [4.78, 5) is 31.1. The molecule has 5 heterocycles. The molecule has 1 aromatic carbocycles. The van der Waals surface area contributed by atoms with Gasteiger partial charge >= 0.3 is 6.01 Å². The van der Waals surface area contributed by atoms with E-state index in [1.54, 1.807) is 6.07 Å². The molecule has 1 aliphatic carbocycles. The van der Waals surface area contributed by atoms with Crippen molar-refractivity contribution in [1.29, 1.82) is 0 Å². The van der Waals surface area contributed by atoms with Crippen molar-refractivity contribution in [2.45, 2.75) is 89.1 Å². The Morgan fingerprint density at radius 3 is 2.66 bits per heavy atom. The number of fused-ring (bicyclic) bond motifs is 3. The zero-order valence-corrected chi connectivity index (χ0v) is 24.1. The van der Waals surface area contributed by atoms with Gasteiger partial charge in [-0.15, -0.1) is 0 Å². The summed E-state index contributed by atoms with van der Waals surface area (Å²) in [5.74, 6) is 1.05. The zero-order valence-electron chi connectivity index (χ0n) is 24.1. The summed E-state index contributed by atoms with van der Waals surface area (Å²) < 4.78 is 34.8. The third kappa shape index (κ3) is 4.72. The molecule has 3 fully saturated rings. The summed E-state index contributed by atoms with van der Waals surface area (Å²) in [5, 5.41) is 0. The van der Waals surface area contributed by atoms with E-state index < -0.39 is 6.17 Å². The highest BCUT2D eigenvalue weighted by Crippen LogP contribution is 2.41. The van der Waals surface area contributed by atoms with E-state index in [2.05, 4.69) is 9.80 Å². The number of aromatic nitrogens is 2. The van der Waals surface area contributed by atoms with Gasteiger partial charge in [0.05, 0.1) is 24.3 Å². The number of halogens is 2. The van der Waals surface area contributed by atoms with Gasteiger partial charge in [-0.2, -0.15) is 9.97 Å². The fraction of sp³-hybridized carbons (Fsp3) is 0.645. The monoisotopic (exact) mass is 566 g/mol. The molecular formula is C31H40F2N6O2. The number of likely N-dealkylation sites (tertiary alicyclic amines) is 2. The Balaban J connectivity index is 1.18. The molecule has 220 valence electrons. The van der Waals surface area contributed by atoms with Crippen molar-refractivity contribution in [1.82, 2.24) is 19.8 Å². The highest BCUT2D eigenvalue weighted by molar-refractivity contribution is 5.77. The van der Waals surface area contributed by atoms with E-state index in [1.807, 2.05) is 29.8 Å². The molecule has 3 saturated heterocycles. The van der Waals surface area contributed by atoms with Crippen LogP contribution in [0.5, 0.6) is 6.01 Å². The SMILES string of the molecule is CCC(=O)N1CC[C@@H]2[C@H]1CN2c1nc(OC[C@@H]2C[C@@H](F)CN2C)nc2c1CCN(c1ccc(F)c3c1CCCC3)C2.